The van der Waals surface area contributed by atoms with E-state index in [4.69, 9.17) is 0 Å². The minimum absolute atomic E-state index is 0.775. The molecule has 17 heavy (non-hydrogen) atoms. The molecule has 5 heteroatoms. The first-order valence-electron chi connectivity index (χ1n) is 5.78. The molecule has 90 valence electrons. The second kappa shape index (κ2) is 6.10. The summed E-state index contributed by atoms with van der Waals surface area (Å²) < 4.78 is 2.08. The molecule has 2 rings (SSSR count). The second-order valence-electron chi connectivity index (χ2n) is 3.98. The molecule has 0 aliphatic carbocycles. The molecule has 0 saturated carbocycles. The van der Waals surface area contributed by atoms with Crippen LogP contribution in [0.3, 0.4) is 0 Å². The van der Waals surface area contributed by atoms with E-state index in [1.807, 2.05) is 25.6 Å². The van der Waals surface area contributed by atoms with Crippen molar-refractivity contribution in [3.8, 4) is 0 Å². The summed E-state index contributed by atoms with van der Waals surface area (Å²) in [6.45, 7) is 4.67. The van der Waals surface area contributed by atoms with E-state index in [9.17, 15) is 0 Å². The van der Waals surface area contributed by atoms with Gasteiger partial charge in [0.05, 0.1) is 17.7 Å². The highest BCUT2D eigenvalue weighted by atomic mass is 15.0. The molecule has 2 aromatic rings. The van der Waals surface area contributed by atoms with E-state index < -0.39 is 0 Å². The van der Waals surface area contributed by atoms with Gasteiger partial charge in [-0.1, -0.05) is 0 Å². The number of imidazole rings is 1. The van der Waals surface area contributed by atoms with Crippen LogP contribution in [0.5, 0.6) is 0 Å². The van der Waals surface area contributed by atoms with Gasteiger partial charge in [-0.25, -0.2) is 4.98 Å². The molecule has 0 unspecified atom stereocenters. The molecule has 0 radical (unpaired) electrons. The van der Waals surface area contributed by atoms with Gasteiger partial charge in [0, 0.05) is 37.9 Å². The summed E-state index contributed by atoms with van der Waals surface area (Å²) in [7, 11) is 0. The fourth-order valence-corrected chi connectivity index (χ4v) is 1.53. The Hall–Kier alpha value is -1.75. The fourth-order valence-electron chi connectivity index (χ4n) is 1.53. The Balaban J connectivity index is 1.61. The van der Waals surface area contributed by atoms with Gasteiger partial charge < -0.3 is 9.88 Å². The van der Waals surface area contributed by atoms with E-state index in [0.717, 1.165) is 37.4 Å². The molecule has 0 saturated heterocycles. The van der Waals surface area contributed by atoms with Crippen LogP contribution in [0.2, 0.25) is 0 Å². The highest BCUT2D eigenvalue weighted by molar-refractivity contribution is 4.99. The number of hydrogen-bond donors (Lipinski definition) is 1. The summed E-state index contributed by atoms with van der Waals surface area (Å²) in [4.78, 5) is 12.5. The first-order valence-corrected chi connectivity index (χ1v) is 5.78. The Kier molecular flexibility index (Phi) is 4.21. The van der Waals surface area contributed by atoms with Crippen LogP contribution in [-0.4, -0.2) is 26.1 Å². The van der Waals surface area contributed by atoms with Crippen molar-refractivity contribution in [3.05, 3.63) is 42.5 Å². The van der Waals surface area contributed by atoms with Crippen molar-refractivity contribution in [1.82, 2.24) is 24.8 Å². The number of nitrogens with one attached hydrogen (secondary N) is 1. The quantitative estimate of drug-likeness (QED) is 0.758. The lowest BCUT2D eigenvalue weighted by Gasteiger charge is -2.04. The molecule has 1 N–H and O–H groups in total. The first kappa shape index (κ1) is 11.7. The summed E-state index contributed by atoms with van der Waals surface area (Å²) in [5, 5.41) is 3.35. The van der Waals surface area contributed by atoms with Crippen LogP contribution in [0, 0.1) is 6.92 Å². The standard InChI is InChI=1S/C12H17N5/c1-11-7-16-12(9-15-11)8-13-3-2-5-17-6-4-14-10-17/h4,6-7,9-10,13H,2-3,5,8H2,1H3. The van der Waals surface area contributed by atoms with Gasteiger partial charge in [0.25, 0.3) is 0 Å². The van der Waals surface area contributed by atoms with Gasteiger partial charge in [0.2, 0.25) is 0 Å². The first-order chi connectivity index (χ1) is 8.34. The molecule has 0 amide bonds. The summed E-state index contributed by atoms with van der Waals surface area (Å²) in [5.41, 5.74) is 1.94. The maximum atomic E-state index is 4.29. The monoisotopic (exact) mass is 231 g/mol. The van der Waals surface area contributed by atoms with Crippen LogP contribution < -0.4 is 5.32 Å². The van der Waals surface area contributed by atoms with E-state index in [-0.39, 0.29) is 0 Å². The summed E-state index contributed by atoms with van der Waals surface area (Å²) in [5.74, 6) is 0. The summed E-state index contributed by atoms with van der Waals surface area (Å²) >= 11 is 0. The Morgan fingerprint density at radius 2 is 2.24 bits per heavy atom. The normalized spacial score (nSPS) is 10.6. The van der Waals surface area contributed by atoms with Crippen LogP contribution in [0.1, 0.15) is 17.8 Å². The molecule has 0 bridgehead atoms. The van der Waals surface area contributed by atoms with E-state index in [1.165, 1.54) is 0 Å². The molecule has 0 fully saturated rings. The molecule has 5 nitrogen and oxygen atoms in total. The summed E-state index contributed by atoms with van der Waals surface area (Å²) in [6, 6.07) is 0. The minimum Gasteiger partial charge on any atom is -0.337 e. The fraction of sp³-hybridized carbons (Fsp3) is 0.417. The van der Waals surface area contributed by atoms with Crippen LogP contribution in [0.25, 0.3) is 0 Å². The van der Waals surface area contributed by atoms with Crippen molar-refractivity contribution in [2.75, 3.05) is 6.54 Å². The van der Waals surface area contributed by atoms with E-state index >= 15 is 0 Å². The molecule has 0 aliphatic heterocycles. The van der Waals surface area contributed by atoms with Crippen molar-refractivity contribution < 1.29 is 0 Å². The van der Waals surface area contributed by atoms with Crippen LogP contribution in [-0.2, 0) is 13.1 Å². The molecule has 0 aliphatic rings. The maximum Gasteiger partial charge on any atom is 0.0945 e. The smallest absolute Gasteiger partial charge is 0.0945 e. The zero-order valence-corrected chi connectivity index (χ0v) is 10.0. The Morgan fingerprint density at radius 1 is 1.29 bits per heavy atom. The molecular formula is C12H17N5. The number of aromatic nitrogens is 4. The van der Waals surface area contributed by atoms with E-state index in [1.54, 1.807) is 12.4 Å². The third kappa shape index (κ3) is 3.96. The molecule has 2 aromatic heterocycles. The van der Waals surface area contributed by atoms with Gasteiger partial charge in [-0.2, -0.15) is 0 Å². The lowest BCUT2D eigenvalue weighted by atomic mass is 10.4. The number of nitrogens with zero attached hydrogens (tertiary/aromatic N) is 4. The van der Waals surface area contributed by atoms with E-state index in [0.29, 0.717) is 0 Å². The zero-order valence-electron chi connectivity index (χ0n) is 10.0. The largest absolute Gasteiger partial charge is 0.337 e. The maximum absolute atomic E-state index is 4.29. The van der Waals surface area contributed by atoms with Crippen molar-refractivity contribution in [2.45, 2.75) is 26.4 Å². The van der Waals surface area contributed by atoms with Gasteiger partial charge in [-0.15, -0.1) is 0 Å². The van der Waals surface area contributed by atoms with Crippen LogP contribution >= 0.6 is 0 Å². The Bertz CT molecular complexity index is 421. The number of aryl methyl sites for hydroxylation is 2. The van der Waals surface area contributed by atoms with Gasteiger partial charge in [0.1, 0.15) is 0 Å². The van der Waals surface area contributed by atoms with Crippen LogP contribution in [0.15, 0.2) is 31.1 Å². The molecular weight excluding hydrogens is 214 g/mol. The zero-order chi connectivity index (χ0) is 11.9. The van der Waals surface area contributed by atoms with Gasteiger partial charge in [0.15, 0.2) is 0 Å². The van der Waals surface area contributed by atoms with Crippen molar-refractivity contribution in [3.63, 3.8) is 0 Å². The highest BCUT2D eigenvalue weighted by Crippen LogP contribution is 1.94. The molecule has 0 atom stereocenters. The molecule has 2 heterocycles. The number of rotatable bonds is 6. The SMILES string of the molecule is Cc1cnc(CNCCCn2ccnc2)cn1. The summed E-state index contributed by atoms with van der Waals surface area (Å²) in [6.07, 6.45) is 10.3. The lowest BCUT2D eigenvalue weighted by molar-refractivity contribution is 0.576. The topological polar surface area (TPSA) is 55.6 Å². The number of hydrogen-bond acceptors (Lipinski definition) is 4. The Morgan fingerprint density at radius 3 is 2.94 bits per heavy atom. The van der Waals surface area contributed by atoms with E-state index in [2.05, 4.69) is 24.8 Å². The van der Waals surface area contributed by atoms with Crippen molar-refractivity contribution in [1.29, 1.82) is 0 Å². The molecule has 0 aromatic carbocycles. The average molecular weight is 231 g/mol. The van der Waals surface area contributed by atoms with Crippen LogP contribution in [0.4, 0.5) is 0 Å². The van der Waals surface area contributed by atoms with Gasteiger partial charge in [-0.05, 0) is 19.9 Å². The predicted octanol–water partition coefficient (Wildman–Crippen LogP) is 1.16. The minimum atomic E-state index is 0.775. The molecule has 0 spiro atoms. The van der Waals surface area contributed by atoms with Crippen molar-refractivity contribution >= 4 is 0 Å². The lowest BCUT2D eigenvalue weighted by Crippen LogP contribution is -2.17. The predicted molar refractivity (Wildman–Crippen MR) is 65.3 cm³/mol. The Labute approximate surface area is 101 Å². The van der Waals surface area contributed by atoms with Gasteiger partial charge >= 0.3 is 0 Å². The third-order valence-electron chi connectivity index (χ3n) is 2.47. The second-order valence-corrected chi connectivity index (χ2v) is 3.98. The average Bonchev–Trinajstić information content (AvgIpc) is 2.84. The third-order valence-corrected chi connectivity index (χ3v) is 2.47. The van der Waals surface area contributed by atoms with Gasteiger partial charge in [-0.3, -0.25) is 9.97 Å². The highest BCUT2D eigenvalue weighted by Gasteiger charge is 1.95. The van der Waals surface area contributed by atoms with Crippen molar-refractivity contribution in [2.24, 2.45) is 0 Å².